The molecule has 0 spiro atoms. The average molecular weight is 436 g/mol. The van der Waals surface area contributed by atoms with Crippen molar-refractivity contribution in [1.29, 1.82) is 0 Å². The zero-order valence-corrected chi connectivity index (χ0v) is 16.8. The van der Waals surface area contributed by atoms with E-state index in [2.05, 4.69) is 15.2 Å². The monoisotopic (exact) mass is 436 g/mol. The van der Waals surface area contributed by atoms with E-state index in [4.69, 9.17) is 9.47 Å². The third kappa shape index (κ3) is 5.65. The summed E-state index contributed by atoms with van der Waals surface area (Å²) in [6.45, 7) is 4.03. The quantitative estimate of drug-likeness (QED) is 0.750. The fourth-order valence-corrected chi connectivity index (χ4v) is 3.60. The van der Waals surface area contributed by atoms with Crippen molar-refractivity contribution in [2.45, 2.75) is 19.3 Å². The normalized spacial score (nSPS) is 17.0. The molecule has 1 N–H and O–H groups in total. The number of hydrogen-bond donors (Lipinski definition) is 1. The van der Waals surface area contributed by atoms with Crippen LogP contribution >= 0.6 is 0 Å². The molecule has 2 aromatic rings. The molecule has 2 aliphatic rings. The van der Waals surface area contributed by atoms with Gasteiger partial charge in [-0.05, 0) is 35.4 Å². The maximum Gasteiger partial charge on any atom is 0.433 e. The van der Waals surface area contributed by atoms with Gasteiger partial charge in [-0.1, -0.05) is 6.07 Å². The van der Waals surface area contributed by atoms with Crippen molar-refractivity contribution < 1.29 is 27.4 Å². The first-order valence-corrected chi connectivity index (χ1v) is 9.99. The Bertz CT molecular complexity index is 930. The van der Waals surface area contributed by atoms with E-state index in [0.29, 0.717) is 56.3 Å². The molecule has 1 aromatic heterocycles. The Hall–Kier alpha value is -2.85. The Morgan fingerprint density at radius 3 is 2.52 bits per heavy atom. The Morgan fingerprint density at radius 2 is 1.74 bits per heavy atom. The minimum Gasteiger partial charge on any atom is -0.454 e. The second kappa shape index (κ2) is 9.11. The topological polar surface area (TPSA) is 66.9 Å². The minimum absolute atomic E-state index is 0.0740. The second-order valence-corrected chi connectivity index (χ2v) is 7.56. The third-order valence-corrected chi connectivity index (χ3v) is 5.28. The molecule has 7 nitrogen and oxygen atoms in total. The number of rotatable bonds is 6. The van der Waals surface area contributed by atoms with E-state index in [1.54, 1.807) is 6.07 Å². The summed E-state index contributed by atoms with van der Waals surface area (Å²) in [7, 11) is 0. The lowest BCUT2D eigenvalue weighted by Crippen LogP contribution is -2.49. The number of carbonyl (C=O) groups excluding carboxylic acids is 1. The van der Waals surface area contributed by atoms with E-state index in [0.717, 1.165) is 11.6 Å². The number of nitrogens with zero attached hydrogens (tertiary/aromatic N) is 3. The van der Waals surface area contributed by atoms with Gasteiger partial charge in [0.05, 0.1) is 6.54 Å². The Labute approximate surface area is 177 Å². The molecule has 2 aliphatic heterocycles. The van der Waals surface area contributed by atoms with Gasteiger partial charge in [0, 0.05) is 45.5 Å². The third-order valence-electron chi connectivity index (χ3n) is 5.28. The molecule has 0 saturated carbocycles. The van der Waals surface area contributed by atoms with Crippen LogP contribution in [0.2, 0.25) is 0 Å². The highest BCUT2D eigenvalue weighted by atomic mass is 19.4. The molecule has 31 heavy (non-hydrogen) atoms. The number of fused-ring (bicyclic) bond motifs is 1. The summed E-state index contributed by atoms with van der Waals surface area (Å²) in [5, 5.41) is 2.90. The van der Waals surface area contributed by atoms with E-state index < -0.39 is 11.9 Å². The van der Waals surface area contributed by atoms with E-state index in [9.17, 15) is 18.0 Å². The number of pyridine rings is 1. The van der Waals surface area contributed by atoms with Gasteiger partial charge in [-0.2, -0.15) is 13.2 Å². The van der Waals surface area contributed by atoms with E-state index >= 15 is 0 Å². The van der Waals surface area contributed by atoms with Crippen molar-refractivity contribution in [3.63, 3.8) is 0 Å². The molecule has 10 heteroatoms. The number of amides is 1. The van der Waals surface area contributed by atoms with Gasteiger partial charge in [0.15, 0.2) is 11.5 Å². The number of aromatic nitrogens is 1. The van der Waals surface area contributed by atoms with Crippen LogP contribution in [0.5, 0.6) is 11.5 Å². The van der Waals surface area contributed by atoms with Gasteiger partial charge in [-0.3, -0.25) is 19.6 Å². The largest absolute Gasteiger partial charge is 0.454 e. The zero-order chi connectivity index (χ0) is 21.8. The van der Waals surface area contributed by atoms with Crippen molar-refractivity contribution in [3.8, 4) is 11.5 Å². The maximum atomic E-state index is 12.8. The molecule has 1 amide bonds. The van der Waals surface area contributed by atoms with Crippen molar-refractivity contribution in [2.24, 2.45) is 0 Å². The van der Waals surface area contributed by atoms with Crippen molar-refractivity contribution >= 4 is 5.91 Å². The summed E-state index contributed by atoms with van der Waals surface area (Å²) < 4.78 is 49.1. The van der Waals surface area contributed by atoms with Crippen molar-refractivity contribution in [2.75, 3.05) is 39.5 Å². The lowest BCUT2D eigenvalue weighted by molar-refractivity contribution is -0.141. The molecule has 1 aromatic carbocycles. The molecule has 0 atom stereocenters. The predicted molar refractivity (Wildman–Crippen MR) is 105 cm³/mol. The molecule has 0 bridgehead atoms. The minimum atomic E-state index is -4.44. The number of benzene rings is 1. The summed E-state index contributed by atoms with van der Waals surface area (Å²) in [6.07, 6.45) is -3.25. The van der Waals surface area contributed by atoms with Gasteiger partial charge in [0.1, 0.15) is 5.69 Å². The summed E-state index contributed by atoms with van der Waals surface area (Å²) in [5.74, 6) is 1.31. The molecule has 0 radical (unpaired) electrons. The van der Waals surface area contributed by atoms with Crippen LogP contribution in [0, 0.1) is 0 Å². The van der Waals surface area contributed by atoms with Crippen LogP contribution in [-0.4, -0.2) is 60.2 Å². The number of piperazine rings is 1. The number of hydrogen-bond acceptors (Lipinski definition) is 6. The molecule has 166 valence electrons. The van der Waals surface area contributed by atoms with E-state index in [-0.39, 0.29) is 19.2 Å². The smallest absolute Gasteiger partial charge is 0.433 e. The molecule has 0 aliphatic carbocycles. The lowest BCUT2D eigenvalue weighted by atomic mass is 10.2. The van der Waals surface area contributed by atoms with Gasteiger partial charge < -0.3 is 14.8 Å². The molecule has 1 fully saturated rings. The van der Waals surface area contributed by atoms with Crippen LogP contribution < -0.4 is 14.8 Å². The van der Waals surface area contributed by atoms with Gasteiger partial charge in [-0.25, -0.2) is 0 Å². The molecular weight excluding hydrogens is 413 g/mol. The number of carbonyl (C=O) groups is 1. The highest BCUT2D eigenvalue weighted by molar-refractivity contribution is 5.78. The first-order valence-electron chi connectivity index (χ1n) is 9.99. The standard InChI is InChI=1S/C21H23F3N4O3/c22-21(23,24)19-10-16(3-4-25-19)12-27-5-7-28(8-6-27)13-20(29)26-11-15-1-2-17-18(9-15)31-14-30-17/h1-4,9-10H,5-8,11-14H2,(H,26,29). The molecule has 4 rings (SSSR count). The van der Waals surface area contributed by atoms with Crippen LogP contribution in [0.3, 0.4) is 0 Å². The molecular formula is C21H23F3N4O3. The van der Waals surface area contributed by atoms with Crippen LogP contribution in [-0.2, 0) is 24.1 Å². The average Bonchev–Trinajstić information content (AvgIpc) is 3.21. The first kappa shape index (κ1) is 21.4. The van der Waals surface area contributed by atoms with Crippen LogP contribution in [0.25, 0.3) is 0 Å². The van der Waals surface area contributed by atoms with E-state index in [1.807, 2.05) is 23.1 Å². The van der Waals surface area contributed by atoms with Gasteiger partial charge in [-0.15, -0.1) is 0 Å². The van der Waals surface area contributed by atoms with Crippen molar-refractivity contribution in [1.82, 2.24) is 20.1 Å². The zero-order valence-electron chi connectivity index (χ0n) is 16.8. The van der Waals surface area contributed by atoms with Gasteiger partial charge >= 0.3 is 6.18 Å². The van der Waals surface area contributed by atoms with Gasteiger partial charge in [0.2, 0.25) is 12.7 Å². The maximum absolute atomic E-state index is 12.8. The van der Waals surface area contributed by atoms with E-state index in [1.165, 1.54) is 6.20 Å². The summed E-state index contributed by atoms with van der Waals surface area (Å²) in [6, 6.07) is 8.26. The molecule has 0 unspecified atom stereocenters. The fourth-order valence-electron chi connectivity index (χ4n) is 3.60. The number of halogens is 3. The lowest BCUT2D eigenvalue weighted by Gasteiger charge is -2.34. The highest BCUT2D eigenvalue weighted by Crippen LogP contribution is 2.32. The fraction of sp³-hybridized carbons (Fsp3) is 0.429. The van der Waals surface area contributed by atoms with Crippen molar-refractivity contribution in [3.05, 3.63) is 53.3 Å². The van der Waals surface area contributed by atoms with Crippen LogP contribution in [0.1, 0.15) is 16.8 Å². The summed E-state index contributed by atoms with van der Waals surface area (Å²) in [4.78, 5) is 19.8. The number of nitrogens with one attached hydrogen (secondary N) is 1. The second-order valence-electron chi connectivity index (χ2n) is 7.56. The Balaban J connectivity index is 1.20. The highest BCUT2D eigenvalue weighted by Gasteiger charge is 2.32. The van der Waals surface area contributed by atoms with Gasteiger partial charge in [0.25, 0.3) is 0 Å². The number of ether oxygens (including phenoxy) is 2. The Morgan fingerprint density at radius 1 is 1.00 bits per heavy atom. The van der Waals surface area contributed by atoms with Crippen LogP contribution in [0.15, 0.2) is 36.5 Å². The summed E-state index contributed by atoms with van der Waals surface area (Å²) in [5.41, 5.74) is 0.637. The first-order chi connectivity index (χ1) is 14.9. The molecule has 1 saturated heterocycles. The van der Waals surface area contributed by atoms with Crippen LogP contribution in [0.4, 0.5) is 13.2 Å². The molecule has 3 heterocycles. The SMILES string of the molecule is O=C(CN1CCN(Cc2ccnc(C(F)(F)F)c2)CC1)NCc1ccc2c(c1)OCO2. The summed E-state index contributed by atoms with van der Waals surface area (Å²) >= 11 is 0. The Kier molecular flexibility index (Phi) is 6.28. The predicted octanol–water partition coefficient (Wildman–Crippen LogP) is 2.26. The number of alkyl halides is 3.